The summed E-state index contributed by atoms with van der Waals surface area (Å²) in [6.45, 7) is 0.216. The van der Waals surface area contributed by atoms with E-state index in [-0.39, 0.29) is 30.8 Å². The molecule has 2 aliphatic heterocycles. The highest BCUT2D eigenvalue weighted by atomic mass is 32.1. The van der Waals surface area contributed by atoms with Gasteiger partial charge in [0.05, 0.1) is 12.1 Å². The third-order valence-electron chi connectivity index (χ3n) is 4.18. The molecule has 0 radical (unpaired) electrons. The van der Waals surface area contributed by atoms with Gasteiger partial charge in [-0.25, -0.2) is 4.98 Å². The number of nitrogens with one attached hydrogen (secondary N) is 1. The van der Waals surface area contributed by atoms with Gasteiger partial charge in [0.1, 0.15) is 4.88 Å². The molecule has 0 aliphatic carbocycles. The van der Waals surface area contributed by atoms with E-state index in [2.05, 4.69) is 10.3 Å². The molecule has 1 atom stereocenters. The van der Waals surface area contributed by atoms with E-state index in [0.29, 0.717) is 34.7 Å². The molecule has 1 fully saturated rings. The molecule has 3 heterocycles. The number of hydrogen-bond acceptors (Lipinski definition) is 6. The van der Waals surface area contributed by atoms with Gasteiger partial charge in [0, 0.05) is 24.7 Å². The van der Waals surface area contributed by atoms with Crippen LogP contribution in [0.25, 0.3) is 0 Å². The Balaban J connectivity index is 1.44. The summed E-state index contributed by atoms with van der Waals surface area (Å²) >= 11 is 0.341. The van der Waals surface area contributed by atoms with Crippen molar-refractivity contribution in [3.63, 3.8) is 0 Å². The van der Waals surface area contributed by atoms with Crippen molar-refractivity contribution >= 4 is 34.0 Å². The van der Waals surface area contributed by atoms with Crippen molar-refractivity contribution < 1.29 is 32.2 Å². The average molecular weight is 399 g/mol. The van der Waals surface area contributed by atoms with Crippen LogP contribution >= 0.6 is 11.3 Å². The number of anilines is 2. The molecule has 1 unspecified atom stereocenters. The Labute approximate surface area is 154 Å². The van der Waals surface area contributed by atoms with E-state index in [0.717, 1.165) is 0 Å². The maximum atomic E-state index is 12.6. The van der Waals surface area contributed by atoms with Crippen molar-refractivity contribution in [1.29, 1.82) is 0 Å². The quantitative estimate of drug-likeness (QED) is 0.859. The maximum absolute atomic E-state index is 12.6. The fraction of sp³-hybridized carbons (Fsp3) is 0.312. The number of benzene rings is 1. The molecular formula is C16H12F3N3O4S. The predicted molar refractivity (Wildman–Crippen MR) is 88.8 cm³/mol. The van der Waals surface area contributed by atoms with E-state index in [9.17, 15) is 22.8 Å². The monoisotopic (exact) mass is 399 g/mol. The van der Waals surface area contributed by atoms with E-state index in [1.165, 1.54) is 4.90 Å². The van der Waals surface area contributed by atoms with Crippen LogP contribution in [0.15, 0.2) is 24.4 Å². The second-order valence-electron chi connectivity index (χ2n) is 5.96. The number of aromatic nitrogens is 1. The highest BCUT2D eigenvalue weighted by Gasteiger charge is 2.37. The third kappa shape index (κ3) is 3.42. The van der Waals surface area contributed by atoms with Crippen LogP contribution in [0.1, 0.15) is 11.3 Å². The Morgan fingerprint density at radius 2 is 2.07 bits per heavy atom. The van der Waals surface area contributed by atoms with E-state index in [1.807, 2.05) is 0 Å². The van der Waals surface area contributed by atoms with Crippen molar-refractivity contribution in [3.05, 3.63) is 29.3 Å². The highest BCUT2D eigenvalue weighted by molar-refractivity contribution is 7.15. The molecule has 2 aliphatic rings. The molecule has 142 valence electrons. The second kappa shape index (κ2) is 6.41. The number of carbonyl (C=O) groups excluding carboxylic acids is 2. The lowest BCUT2D eigenvalue weighted by Crippen LogP contribution is -2.28. The molecule has 2 amide bonds. The van der Waals surface area contributed by atoms with Crippen LogP contribution in [0.5, 0.6) is 11.5 Å². The first kappa shape index (κ1) is 17.6. The normalized spacial score (nSPS) is 18.9. The van der Waals surface area contributed by atoms with E-state index >= 15 is 0 Å². The van der Waals surface area contributed by atoms with Crippen LogP contribution in [-0.2, 0) is 15.8 Å². The molecule has 1 saturated heterocycles. The summed E-state index contributed by atoms with van der Waals surface area (Å²) in [5.74, 6) is -0.417. The number of halogens is 3. The number of ether oxygens (including phenoxy) is 2. The minimum absolute atomic E-state index is 0.0439. The van der Waals surface area contributed by atoms with E-state index in [4.69, 9.17) is 9.47 Å². The van der Waals surface area contributed by atoms with Gasteiger partial charge in [-0.2, -0.15) is 13.2 Å². The van der Waals surface area contributed by atoms with Crippen LogP contribution in [-0.4, -0.2) is 30.1 Å². The molecule has 4 rings (SSSR count). The van der Waals surface area contributed by atoms with Gasteiger partial charge >= 0.3 is 6.18 Å². The molecule has 2 aromatic rings. The van der Waals surface area contributed by atoms with Gasteiger partial charge in [-0.05, 0) is 12.1 Å². The first-order valence-electron chi connectivity index (χ1n) is 7.85. The second-order valence-corrected chi connectivity index (χ2v) is 6.99. The zero-order valence-electron chi connectivity index (χ0n) is 13.6. The Morgan fingerprint density at radius 3 is 2.81 bits per heavy atom. The molecule has 0 spiro atoms. The van der Waals surface area contributed by atoms with Crippen molar-refractivity contribution in [1.82, 2.24) is 4.98 Å². The molecule has 1 N–H and O–H groups in total. The van der Waals surface area contributed by atoms with Gasteiger partial charge in [0.25, 0.3) is 0 Å². The Hall–Kier alpha value is -2.82. The van der Waals surface area contributed by atoms with Gasteiger partial charge in [0.2, 0.25) is 18.6 Å². The van der Waals surface area contributed by atoms with Gasteiger partial charge in [-0.15, -0.1) is 0 Å². The van der Waals surface area contributed by atoms with Crippen molar-refractivity contribution in [2.75, 3.05) is 23.6 Å². The Kier molecular flexibility index (Phi) is 4.17. The van der Waals surface area contributed by atoms with Gasteiger partial charge in [-0.1, -0.05) is 11.3 Å². The summed E-state index contributed by atoms with van der Waals surface area (Å²) in [4.78, 5) is 28.7. The summed E-state index contributed by atoms with van der Waals surface area (Å²) in [6.07, 6.45) is -3.89. The standard InChI is InChI=1S/C16H12F3N3O4S/c17-16(18,19)12-5-20-15(27-12)21-14(24)8-3-13(23)22(6-8)9-1-2-10-11(4-9)26-7-25-10/h1-2,4-5,8H,3,6-7H2,(H,20,21,24). The van der Waals surface area contributed by atoms with Crippen molar-refractivity contribution in [3.8, 4) is 11.5 Å². The number of thiazole rings is 1. The lowest BCUT2D eigenvalue weighted by atomic mass is 10.1. The molecule has 0 bridgehead atoms. The van der Waals surface area contributed by atoms with Crippen LogP contribution < -0.4 is 19.7 Å². The third-order valence-corrected chi connectivity index (χ3v) is 5.14. The molecule has 11 heteroatoms. The smallest absolute Gasteiger partial charge is 0.427 e. The first-order valence-corrected chi connectivity index (χ1v) is 8.67. The fourth-order valence-corrected chi connectivity index (χ4v) is 3.54. The van der Waals surface area contributed by atoms with Gasteiger partial charge in [-0.3, -0.25) is 9.59 Å². The first-order chi connectivity index (χ1) is 12.8. The Morgan fingerprint density at radius 1 is 1.30 bits per heavy atom. The van der Waals surface area contributed by atoms with Gasteiger partial charge in [0.15, 0.2) is 16.6 Å². The van der Waals surface area contributed by atoms with Crippen molar-refractivity contribution in [2.24, 2.45) is 5.92 Å². The van der Waals surface area contributed by atoms with Gasteiger partial charge < -0.3 is 19.7 Å². The van der Waals surface area contributed by atoms with Crippen molar-refractivity contribution in [2.45, 2.75) is 12.6 Å². The summed E-state index contributed by atoms with van der Waals surface area (Å²) < 4.78 is 48.3. The summed E-state index contributed by atoms with van der Waals surface area (Å²) in [5, 5.41) is 2.20. The summed E-state index contributed by atoms with van der Waals surface area (Å²) in [7, 11) is 0. The minimum Gasteiger partial charge on any atom is -0.454 e. The van der Waals surface area contributed by atoms with E-state index in [1.54, 1.807) is 18.2 Å². The fourth-order valence-electron chi connectivity index (χ4n) is 2.86. The minimum atomic E-state index is -4.51. The summed E-state index contributed by atoms with van der Waals surface area (Å²) in [6, 6.07) is 5.01. The molecule has 1 aromatic carbocycles. The summed E-state index contributed by atoms with van der Waals surface area (Å²) in [5.41, 5.74) is 0.563. The zero-order chi connectivity index (χ0) is 19.2. The number of alkyl halides is 3. The van der Waals surface area contributed by atoms with Crippen LogP contribution in [0.3, 0.4) is 0 Å². The molecule has 27 heavy (non-hydrogen) atoms. The lowest BCUT2D eigenvalue weighted by Gasteiger charge is -2.17. The number of hydrogen-bond donors (Lipinski definition) is 1. The average Bonchev–Trinajstić information content (AvgIpc) is 3.32. The number of amides is 2. The molecule has 7 nitrogen and oxygen atoms in total. The zero-order valence-corrected chi connectivity index (χ0v) is 14.4. The van der Waals surface area contributed by atoms with E-state index < -0.39 is 22.9 Å². The lowest BCUT2D eigenvalue weighted by molar-refractivity contribution is -0.134. The molecular weight excluding hydrogens is 387 g/mol. The predicted octanol–water partition coefficient (Wildman–Crippen LogP) is 2.88. The van der Waals surface area contributed by atoms with Crippen LogP contribution in [0.2, 0.25) is 0 Å². The SMILES string of the molecule is O=C(Nc1ncc(C(F)(F)F)s1)C1CC(=O)N(c2ccc3c(c2)OCO3)C1. The largest absolute Gasteiger partial charge is 0.454 e. The highest BCUT2D eigenvalue weighted by Crippen LogP contribution is 2.38. The number of nitrogens with zero attached hydrogens (tertiary/aromatic N) is 2. The number of rotatable bonds is 3. The molecule has 1 aromatic heterocycles. The van der Waals surface area contributed by atoms with Crippen LogP contribution in [0, 0.1) is 5.92 Å². The maximum Gasteiger partial charge on any atom is 0.427 e. The topological polar surface area (TPSA) is 80.8 Å². The molecule has 0 saturated carbocycles. The van der Waals surface area contributed by atoms with Crippen LogP contribution in [0.4, 0.5) is 24.0 Å². The Bertz CT molecular complexity index is 915. The number of carbonyl (C=O) groups is 2. The number of fused-ring (bicyclic) bond motifs is 1.